The summed E-state index contributed by atoms with van der Waals surface area (Å²) in [6.45, 7) is 4.73. The predicted octanol–water partition coefficient (Wildman–Crippen LogP) is 1.88. The van der Waals surface area contributed by atoms with E-state index in [2.05, 4.69) is 10.1 Å². The zero-order chi connectivity index (χ0) is 13.5. The van der Waals surface area contributed by atoms with Crippen LogP contribution in [0.15, 0.2) is 18.2 Å². The highest BCUT2D eigenvalue weighted by Gasteiger charge is 2.19. The van der Waals surface area contributed by atoms with Crippen molar-refractivity contribution in [3.63, 3.8) is 0 Å². The molecule has 5 heteroatoms. The molecule has 1 unspecified atom stereocenters. The van der Waals surface area contributed by atoms with Crippen LogP contribution in [-0.2, 0) is 16.1 Å². The van der Waals surface area contributed by atoms with Crippen molar-refractivity contribution < 1.29 is 18.7 Å². The summed E-state index contributed by atoms with van der Waals surface area (Å²) in [7, 11) is 1.27. The Bertz CT molecular complexity index is 409. The summed E-state index contributed by atoms with van der Waals surface area (Å²) in [5, 5.41) is 3.09. The molecule has 0 aromatic heterocycles. The van der Waals surface area contributed by atoms with E-state index in [0.29, 0.717) is 12.1 Å². The quantitative estimate of drug-likeness (QED) is 0.788. The SMILES string of the molecule is CCNCc1cccc(F)c1OC(C)C(=O)OC. The normalized spacial score (nSPS) is 12.0. The molecule has 0 aliphatic heterocycles. The number of carbonyl (C=O) groups excluding carboxylic acids is 1. The van der Waals surface area contributed by atoms with Gasteiger partial charge < -0.3 is 14.8 Å². The summed E-state index contributed by atoms with van der Waals surface area (Å²) < 4.78 is 23.6. The second-order valence-corrected chi connectivity index (χ2v) is 3.79. The molecule has 0 amide bonds. The molecule has 18 heavy (non-hydrogen) atoms. The molecule has 0 saturated heterocycles. The molecule has 100 valence electrons. The number of hydrogen-bond acceptors (Lipinski definition) is 4. The lowest BCUT2D eigenvalue weighted by Crippen LogP contribution is -2.26. The van der Waals surface area contributed by atoms with Gasteiger partial charge in [-0.05, 0) is 19.5 Å². The molecule has 0 saturated carbocycles. The molecule has 1 atom stereocenters. The molecule has 1 aromatic carbocycles. The summed E-state index contributed by atoms with van der Waals surface area (Å²) in [4.78, 5) is 11.3. The van der Waals surface area contributed by atoms with Gasteiger partial charge in [-0.1, -0.05) is 19.1 Å². The van der Waals surface area contributed by atoms with Crippen LogP contribution in [-0.4, -0.2) is 25.7 Å². The topological polar surface area (TPSA) is 47.6 Å². The van der Waals surface area contributed by atoms with Gasteiger partial charge in [0, 0.05) is 12.1 Å². The van der Waals surface area contributed by atoms with Crippen LogP contribution in [0, 0.1) is 5.82 Å². The lowest BCUT2D eigenvalue weighted by atomic mass is 10.2. The van der Waals surface area contributed by atoms with Gasteiger partial charge in [0.1, 0.15) is 0 Å². The number of carbonyl (C=O) groups is 1. The van der Waals surface area contributed by atoms with Crippen LogP contribution in [0.5, 0.6) is 5.75 Å². The highest BCUT2D eigenvalue weighted by Crippen LogP contribution is 2.24. The highest BCUT2D eigenvalue weighted by molar-refractivity contribution is 5.74. The minimum absolute atomic E-state index is 0.0938. The molecular formula is C13H18FNO3. The molecule has 1 rings (SSSR count). The zero-order valence-corrected chi connectivity index (χ0v) is 10.8. The van der Waals surface area contributed by atoms with Gasteiger partial charge in [0.25, 0.3) is 0 Å². The van der Waals surface area contributed by atoms with E-state index in [0.717, 1.165) is 6.54 Å². The maximum atomic E-state index is 13.7. The number of ether oxygens (including phenoxy) is 2. The number of rotatable bonds is 6. The molecule has 0 aliphatic carbocycles. The minimum atomic E-state index is -0.840. The Morgan fingerprint density at radius 3 is 2.83 bits per heavy atom. The third-order valence-electron chi connectivity index (χ3n) is 2.44. The Labute approximate surface area is 106 Å². The number of para-hydroxylation sites is 1. The van der Waals surface area contributed by atoms with Gasteiger partial charge in [-0.15, -0.1) is 0 Å². The van der Waals surface area contributed by atoms with Crippen LogP contribution in [0.4, 0.5) is 4.39 Å². The Morgan fingerprint density at radius 1 is 1.50 bits per heavy atom. The number of nitrogens with one attached hydrogen (secondary N) is 1. The Morgan fingerprint density at radius 2 is 2.22 bits per heavy atom. The van der Waals surface area contributed by atoms with Crippen LogP contribution in [0.1, 0.15) is 19.4 Å². The number of esters is 1. The number of halogens is 1. The van der Waals surface area contributed by atoms with Gasteiger partial charge in [-0.25, -0.2) is 9.18 Å². The number of hydrogen-bond donors (Lipinski definition) is 1. The number of methoxy groups -OCH3 is 1. The first-order valence-electron chi connectivity index (χ1n) is 5.82. The van der Waals surface area contributed by atoms with E-state index >= 15 is 0 Å². The zero-order valence-electron chi connectivity index (χ0n) is 10.8. The minimum Gasteiger partial charge on any atom is -0.476 e. The van der Waals surface area contributed by atoms with Gasteiger partial charge in [-0.2, -0.15) is 0 Å². The Hall–Kier alpha value is -1.62. The summed E-state index contributed by atoms with van der Waals surface area (Å²) in [6.07, 6.45) is -0.840. The fraction of sp³-hybridized carbons (Fsp3) is 0.462. The molecule has 4 nitrogen and oxygen atoms in total. The molecule has 0 aliphatic rings. The average molecular weight is 255 g/mol. The monoisotopic (exact) mass is 255 g/mol. The molecule has 1 aromatic rings. The fourth-order valence-electron chi connectivity index (χ4n) is 1.48. The van der Waals surface area contributed by atoms with Crippen molar-refractivity contribution in [2.45, 2.75) is 26.5 Å². The lowest BCUT2D eigenvalue weighted by Gasteiger charge is -2.16. The third-order valence-corrected chi connectivity index (χ3v) is 2.44. The molecule has 0 spiro atoms. The molecule has 1 N–H and O–H groups in total. The summed E-state index contributed by atoms with van der Waals surface area (Å²) in [5.41, 5.74) is 0.674. The second kappa shape index (κ2) is 6.96. The van der Waals surface area contributed by atoms with Crippen LogP contribution in [0.2, 0.25) is 0 Å². The second-order valence-electron chi connectivity index (χ2n) is 3.79. The smallest absolute Gasteiger partial charge is 0.346 e. The van der Waals surface area contributed by atoms with Crippen LogP contribution < -0.4 is 10.1 Å². The third kappa shape index (κ3) is 3.70. The standard InChI is InChI=1S/C13H18FNO3/c1-4-15-8-10-6-5-7-11(14)12(10)18-9(2)13(16)17-3/h5-7,9,15H,4,8H2,1-3H3. The number of benzene rings is 1. The Kier molecular flexibility index (Phi) is 5.58. The molecule has 0 fully saturated rings. The fourth-order valence-corrected chi connectivity index (χ4v) is 1.48. The molecule has 0 bridgehead atoms. The average Bonchev–Trinajstić information content (AvgIpc) is 2.38. The van der Waals surface area contributed by atoms with Crippen molar-refractivity contribution in [3.05, 3.63) is 29.6 Å². The van der Waals surface area contributed by atoms with E-state index in [1.165, 1.54) is 20.1 Å². The van der Waals surface area contributed by atoms with Gasteiger partial charge in [-0.3, -0.25) is 0 Å². The first kappa shape index (κ1) is 14.4. The van der Waals surface area contributed by atoms with Crippen molar-refractivity contribution >= 4 is 5.97 Å². The summed E-state index contributed by atoms with van der Waals surface area (Å²) in [5.74, 6) is -0.926. The Balaban J connectivity index is 2.88. The summed E-state index contributed by atoms with van der Waals surface area (Å²) >= 11 is 0. The molecular weight excluding hydrogens is 237 g/mol. The van der Waals surface area contributed by atoms with E-state index in [1.54, 1.807) is 12.1 Å². The van der Waals surface area contributed by atoms with Gasteiger partial charge in [0.05, 0.1) is 7.11 Å². The highest BCUT2D eigenvalue weighted by atomic mass is 19.1. The van der Waals surface area contributed by atoms with Gasteiger partial charge in [0.2, 0.25) is 0 Å². The molecule has 0 heterocycles. The van der Waals surface area contributed by atoms with Crippen molar-refractivity contribution in [2.24, 2.45) is 0 Å². The van der Waals surface area contributed by atoms with E-state index in [-0.39, 0.29) is 5.75 Å². The van der Waals surface area contributed by atoms with E-state index in [4.69, 9.17) is 4.74 Å². The van der Waals surface area contributed by atoms with Crippen molar-refractivity contribution in [2.75, 3.05) is 13.7 Å². The first-order chi connectivity index (χ1) is 8.60. The lowest BCUT2D eigenvalue weighted by molar-refractivity contribution is -0.148. The van der Waals surface area contributed by atoms with E-state index in [9.17, 15) is 9.18 Å². The van der Waals surface area contributed by atoms with Gasteiger partial charge >= 0.3 is 5.97 Å². The molecule has 0 radical (unpaired) electrons. The van der Waals surface area contributed by atoms with E-state index in [1.807, 2.05) is 6.92 Å². The van der Waals surface area contributed by atoms with Crippen LogP contribution in [0.3, 0.4) is 0 Å². The van der Waals surface area contributed by atoms with Crippen LogP contribution >= 0.6 is 0 Å². The largest absolute Gasteiger partial charge is 0.476 e. The van der Waals surface area contributed by atoms with Crippen molar-refractivity contribution in [1.82, 2.24) is 5.32 Å². The first-order valence-corrected chi connectivity index (χ1v) is 5.82. The maximum Gasteiger partial charge on any atom is 0.346 e. The van der Waals surface area contributed by atoms with E-state index < -0.39 is 17.9 Å². The van der Waals surface area contributed by atoms with Crippen LogP contribution in [0.25, 0.3) is 0 Å². The maximum absolute atomic E-state index is 13.7. The summed E-state index contributed by atoms with van der Waals surface area (Å²) in [6, 6.07) is 4.66. The predicted molar refractivity (Wildman–Crippen MR) is 65.9 cm³/mol. The van der Waals surface area contributed by atoms with Crippen molar-refractivity contribution in [1.29, 1.82) is 0 Å². The van der Waals surface area contributed by atoms with Crippen molar-refractivity contribution in [3.8, 4) is 5.75 Å². The van der Waals surface area contributed by atoms with Gasteiger partial charge in [0.15, 0.2) is 17.7 Å².